The van der Waals surface area contributed by atoms with Crippen LogP contribution in [0.1, 0.15) is 25.3 Å². The first-order valence-electron chi connectivity index (χ1n) is 21.4. The van der Waals surface area contributed by atoms with E-state index in [1.165, 1.54) is 115 Å². The lowest BCUT2D eigenvalue weighted by molar-refractivity contribution is 0.867. The predicted molar refractivity (Wildman–Crippen MR) is 263 cm³/mol. The lowest BCUT2D eigenvalue weighted by Gasteiger charge is -2.20. The lowest BCUT2D eigenvalue weighted by atomic mass is 9.83. The van der Waals surface area contributed by atoms with Crippen molar-refractivity contribution < 1.29 is 0 Å². The zero-order valence-electron chi connectivity index (χ0n) is 34.4. The van der Waals surface area contributed by atoms with Gasteiger partial charge >= 0.3 is 0 Å². The molecule has 61 heavy (non-hydrogen) atoms. The van der Waals surface area contributed by atoms with E-state index in [4.69, 9.17) is 0 Å². The van der Waals surface area contributed by atoms with Crippen molar-refractivity contribution in [2.45, 2.75) is 19.8 Å². The van der Waals surface area contributed by atoms with E-state index in [0.717, 1.165) is 0 Å². The van der Waals surface area contributed by atoms with Crippen LogP contribution in [-0.4, -0.2) is 0 Å². The maximum atomic E-state index is 2.45. The van der Waals surface area contributed by atoms with Gasteiger partial charge in [-0.3, -0.25) is 0 Å². The Morgan fingerprint density at radius 3 is 1.21 bits per heavy atom. The molecule has 0 fully saturated rings. The Bertz CT molecular complexity index is 3400. The van der Waals surface area contributed by atoms with Crippen molar-refractivity contribution >= 4 is 43.1 Å². The highest BCUT2D eigenvalue weighted by atomic mass is 14.2. The van der Waals surface area contributed by atoms with Gasteiger partial charge in [0.2, 0.25) is 0 Å². The summed E-state index contributed by atoms with van der Waals surface area (Å²) in [5, 5.41) is 10.1. The van der Waals surface area contributed by atoms with E-state index < -0.39 is 0 Å². The quantitative estimate of drug-likeness (QED) is 0.141. The Balaban J connectivity index is 1.11. The highest BCUT2D eigenvalue weighted by Crippen LogP contribution is 2.46. The fourth-order valence-corrected chi connectivity index (χ4v) is 9.46. The minimum Gasteiger partial charge on any atom is -0.0616 e. The van der Waals surface area contributed by atoms with E-state index in [9.17, 15) is 0 Å². The van der Waals surface area contributed by atoms with Crippen molar-refractivity contribution in [1.29, 1.82) is 0 Å². The van der Waals surface area contributed by atoms with E-state index >= 15 is 0 Å². The maximum Gasteiger partial charge on any atom is -0.00261 e. The highest BCUT2D eigenvalue weighted by molar-refractivity contribution is 6.21. The molecule has 0 heteroatoms. The molecule has 0 radical (unpaired) electrons. The molecule has 11 aromatic carbocycles. The highest BCUT2D eigenvalue weighted by Gasteiger charge is 2.19. The minimum atomic E-state index is 0.448. The van der Waals surface area contributed by atoms with E-state index in [1.54, 1.807) is 0 Å². The molecule has 0 spiro atoms. The third-order valence-corrected chi connectivity index (χ3v) is 12.6. The lowest BCUT2D eigenvalue weighted by Crippen LogP contribution is -1.94. The maximum absolute atomic E-state index is 2.45. The van der Waals surface area contributed by atoms with Crippen molar-refractivity contribution in [2.24, 2.45) is 0 Å². The van der Waals surface area contributed by atoms with Crippen LogP contribution in [0, 0.1) is 0 Å². The van der Waals surface area contributed by atoms with Crippen LogP contribution in [0.2, 0.25) is 0 Å². The summed E-state index contributed by atoms with van der Waals surface area (Å²) in [6.07, 6.45) is 0. The van der Waals surface area contributed by atoms with Gasteiger partial charge in [0, 0.05) is 0 Å². The standard InChI is InChI=1S/C61H44/c1-40(2)43-18-11-23-52(34-43)60-55-24-7-9-26-57(55)61(58-27-10-8-25-56(58)60)53-32-33-54(51-31-29-42-15-4-6-17-45(42)37-51)59(39-53)50-22-13-21-48(38-50)46-19-12-20-47(36-46)49-30-28-41-14-3-5-16-44(41)35-49/h3-40H,1-2H3. The summed E-state index contributed by atoms with van der Waals surface area (Å²) in [6.45, 7) is 4.55. The molecule has 0 saturated heterocycles. The normalized spacial score (nSPS) is 11.6. The molecular weight excluding hydrogens is 733 g/mol. The Morgan fingerprint density at radius 1 is 0.246 bits per heavy atom. The number of rotatable bonds is 7. The van der Waals surface area contributed by atoms with Crippen LogP contribution < -0.4 is 0 Å². The molecule has 0 aliphatic carbocycles. The van der Waals surface area contributed by atoms with Crippen LogP contribution in [0.4, 0.5) is 0 Å². The summed E-state index contributed by atoms with van der Waals surface area (Å²) in [7, 11) is 0. The van der Waals surface area contributed by atoms with Crippen LogP contribution in [0.25, 0.3) is 110 Å². The number of benzene rings is 11. The molecular formula is C61H44. The van der Waals surface area contributed by atoms with Gasteiger partial charge in [0.25, 0.3) is 0 Å². The zero-order valence-corrected chi connectivity index (χ0v) is 34.4. The van der Waals surface area contributed by atoms with Gasteiger partial charge < -0.3 is 0 Å². The smallest absolute Gasteiger partial charge is 0.00261 e. The van der Waals surface area contributed by atoms with Crippen LogP contribution in [-0.2, 0) is 0 Å². The first-order chi connectivity index (χ1) is 30.1. The van der Waals surface area contributed by atoms with E-state index in [1.807, 2.05) is 0 Å². The van der Waals surface area contributed by atoms with Gasteiger partial charge in [0.15, 0.2) is 0 Å². The second-order valence-corrected chi connectivity index (χ2v) is 16.7. The van der Waals surface area contributed by atoms with Gasteiger partial charge in [0.05, 0.1) is 0 Å². The second kappa shape index (κ2) is 15.2. The average molecular weight is 777 g/mol. The number of hydrogen-bond acceptors (Lipinski definition) is 0. The number of hydrogen-bond donors (Lipinski definition) is 0. The van der Waals surface area contributed by atoms with Crippen LogP contribution in [0.3, 0.4) is 0 Å². The molecule has 0 amide bonds. The largest absolute Gasteiger partial charge is 0.0616 e. The van der Waals surface area contributed by atoms with Gasteiger partial charge in [-0.1, -0.05) is 208 Å². The first kappa shape index (κ1) is 36.5. The minimum absolute atomic E-state index is 0.448. The van der Waals surface area contributed by atoms with Gasteiger partial charge in [-0.25, -0.2) is 0 Å². The fourth-order valence-electron chi connectivity index (χ4n) is 9.46. The van der Waals surface area contributed by atoms with Crippen molar-refractivity contribution in [1.82, 2.24) is 0 Å². The van der Waals surface area contributed by atoms with E-state index in [-0.39, 0.29) is 0 Å². The molecule has 0 aliphatic rings. The number of fused-ring (bicyclic) bond motifs is 4. The summed E-state index contributed by atoms with van der Waals surface area (Å²) in [6, 6.07) is 83.3. The van der Waals surface area contributed by atoms with Crippen LogP contribution >= 0.6 is 0 Å². The summed E-state index contributed by atoms with van der Waals surface area (Å²) >= 11 is 0. The molecule has 11 rings (SSSR count). The molecule has 0 saturated carbocycles. The molecule has 0 unspecified atom stereocenters. The summed E-state index contributed by atoms with van der Waals surface area (Å²) in [5.41, 5.74) is 16.0. The van der Waals surface area contributed by atoms with Crippen molar-refractivity contribution in [2.75, 3.05) is 0 Å². The molecule has 0 nitrogen and oxygen atoms in total. The van der Waals surface area contributed by atoms with Crippen LogP contribution in [0.5, 0.6) is 0 Å². The van der Waals surface area contributed by atoms with Crippen molar-refractivity contribution in [3.8, 4) is 66.8 Å². The topological polar surface area (TPSA) is 0 Å². The Hall–Kier alpha value is -7.54. The molecule has 0 heterocycles. The molecule has 288 valence electrons. The Kier molecular flexibility index (Phi) is 9.13. The summed E-state index contributed by atoms with van der Waals surface area (Å²) < 4.78 is 0. The van der Waals surface area contributed by atoms with Gasteiger partial charge in [-0.15, -0.1) is 0 Å². The Morgan fingerprint density at radius 2 is 0.639 bits per heavy atom. The zero-order chi connectivity index (χ0) is 40.9. The van der Waals surface area contributed by atoms with Crippen LogP contribution in [0.15, 0.2) is 224 Å². The molecule has 0 atom stereocenters. The van der Waals surface area contributed by atoms with Crippen molar-refractivity contribution in [3.63, 3.8) is 0 Å². The third kappa shape index (κ3) is 6.68. The summed E-state index contributed by atoms with van der Waals surface area (Å²) in [4.78, 5) is 0. The monoisotopic (exact) mass is 776 g/mol. The summed E-state index contributed by atoms with van der Waals surface area (Å²) in [5.74, 6) is 0.448. The SMILES string of the molecule is CC(C)c1cccc(-c2c3ccccc3c(-c3ccc(-c4ccc5ccccc5c4)c(-c4cccc(-c5cccc(-c6ccc7ccccc7c6)c5)c4)c3)c3ccccc23)c1. The molecule has 0 aromatic heterocycles. The molecule has 0 bridgehead atoms. The van der Waals surface area contributed by atoms with Gasteiger partial charge in [0.1, 0.15) is 0 Å². The Labute approximate surface area is 358 Å². The molecule has 0 aliphatic heterocycles. The molecule has 11 aromatic rings. The van der Waals surface area contributed by atoms with Crippen molar-refractivity contribution in [3.05, 3.63) is 230 Å². The van der Waals surface area contributed by atoms with Gasteiger partial charge in [-0.2, -0.15) is 0 Å². The third-order valence-electron chi connectivity index (χ3n) is 12.6. The predicted octanol–water partition coefficient (Wildman–Crippen LogP) is 17.4. The van der Waals surface area contributed by atoms with E-state index in [0.29, 0.717) is 5.92 Å². The fraction of sp³-hybridized carbons (Fsp3) is 0.0492. The van der Waals surface area contributed by atoms with Gasteiger partial charge in [-0.05, 0) is 152 Å². The average Bonchev–Trinajstić information content (AvgIpc) is 3.33. The molecule has 0 N–H and O–H groups in total. The van der Waals surface area contributed by atoms with E-state index in [2.05, 4.69) is 238 Å². The first-order valence-corrected chi connectivity index (χ1v) is 21.4. The second-order valence-electron chi connectivity index (χ2n) is 16.7.